The van der Waals surface area contributed by atoms with Crippen molar-refractivity contribution in [3.8, 4) is 0 Å². The van der Waals surface area contributed by atoms with Crippen LogP contribution in [0, 0.1) is 6.92 Å². The van der Waals surface area contributed by atoms with Gasteiger partial charge in [-0.25, -0.2) is 0 Å². The van der Waals surface area contributed by atoms with Gasteiger partial charge in [0.1, 0.15) is 0 Å². The standard InChI is InChI=1S/C17H25N3S2.HI/c1-12(15-7-8-21-11-15)10-19-17(18-4)20-13(2)9-16-6-5-14(3)22-16;/h5-8,11-13H,9-10H2,1-4H3,(H2,18,19,20);1H. The van der Waals surface area contributed by atoms with E-state index in [-0.39, 0.29) is 24.0 Å². The Hall–Kier alpha value is -0.600. The predicted octanol–water partition coefficient (Wildman–Crippen LogP) is 4.64. The van der Waals surface area contributed by atoms with Crippen LogP contribution in [-0.2, 0) is 6.42 Å². The van der Waals surface area contributed by atoms with Crippen LogP contribution in [0.3, 0.4) is 0 Å². The van der Waals surface area contributed by atoms with E-state index in [1.165, 1.54) is 15.3 Å². The van der Waals surface area contributed by atoms with Crippen LogP contribution in [0.25, 0.3) is 0 Å². The molecule has 0 bridgehead atoms. The fourth-order valence-electron chi connectivity index (χ4n) is 2.30. The monoisotopic (exact) mass is 463 g/mol. The Morgan fingerprint density at radius 1 is 1.26 bits per heavy atom. The number of halogens is 1. The van der Waals surface area contributed by atoms with Gasteiger partial charge in [-0.05, 0) is 54.3 Å². The molecule has 0 aliphatic rings. The molecule has 2 unspecified atom stereocenters. The summed E-state index contributed by atoms with van der Waals surface area (Å²) in [4.78, 5) is 7.11. The van der Waals surface area contributed by atoms with Gasteiger partial charge >= 0.3 is 0 Å². The van der Waals surface area contributed by atoms with Crippen LogP contribution in [0.5, 0.6) is 0 Å². The largest absolute Gasteiger partial charge is 0.356 e. The highest BCUT2D eigenvalue weighted by Gasteiger charge is 2.10. The average Bonchev–Trinajstić information content (AvgIpc) is 3.14. The molecule has 2 rings (SSSR count). The molecule has 0 aliphatic heterocycles. The van der Waals surface area contributed by atoms with E-state index in [2.05, 4.69) is 65.4 Å². The van der Waals surface area contributed by atoms with Crippen LogP contribution in [0.15, 0.2) is 34.0 Å². The van der Waals surface area contributed by atoms with Gasteiger partial charge in [-0.2, -0.15) is 11.3 Å². The summed E-state index contributed by atoms with van der Waals surface area (Å²) < 4.78 is 0. The lowest BCUT2D eigenvalue weighted by Crippen LogP contribution is -2.44. The van der Waals surface area contributed by atoms with E-state index in [1.54, 1.807) is 11.3 Å². The van der Waals surface area contributed by atoms with Gasteiger partial charge in [0.15, 0.2) is 5.96 Å². The molecule has 0 radical (unpaired) electrons. The number of thiophene rings is 2. The lowest BCUT2D eigenvalue weighted by atomic mass is 10.1. The molecule has 0 saturated heterocycles. The Labute approximate surface area is 164 Å². The van der Waals surface area contributed by atoms with E-state index in [9.17, 15) is 0 Å². The molecule has 2 N–H and O–H groups in total. The summed E-state index contributed by atoms with van der Waals surface area (Å²) in [6, 6.07) is 6.95. The Bertz CT molecular complexity index is 593. The van der Waals surface area contributed by atoms with Gasteiger partial charge in [0.2, 0.25) is 0 Å². The maximum Gasteiger partial charge on any atom is 0.191 e. The number of nitrogens with zero attached hydrogens (tertiary/aromatic N) is 1. The predicted molar refractivity (Wildman–Crippen MR) is 115 cm³/mol. The van der Waals surface area contributed by atoms with Crippen molar-refractivity contribution >= 4 is 52.6 Å². The second-order valence-electron chi connectivity index (χ2n) is 5.67. The fraction of sp³-hybridized carbons (Fsp3) is 0.471. The molecule has 0 aliphatic carbocycles. The molecule has 0 aromatic carbocycles. The lowest BCUT2D eigenvalue weighted by molar-refractivity contribution is 0.631. The molecule has 2 aromatic heterocycles. The van der Waals surface area contributed by atoms with Crippen LogP contribution < -0.4 is 10.6 Å². The zero-order valence-corrected chi connectivity index (χ0v) is 18.1. The average molecular weight is 463 g/mol. The summed E-state index contributed by atoms with van der Waals surface area (Å²) >= 11 is 3.62. The number of aliphatic imine (C=N–C) groups is 1. The van der Waals surface area contributed by atoms with Crippen molar-refractivity contribution in [2.75, 3.05) is 13.6 Å². The van der Waals surface area contributed by atoms with E-state index in [0.29, 0.717) is 12.0 Å². The Morgan fingerprint density at radius 3 is 2.61 bits per heavy atom. The zero-order chi connectivity index (χ0) is 15.9. The summed E-state index contributed by atoms with van der Waals surface area (Å²) in [6.45, 7) is 7.48. The molecule has 3 nitrogen and oxygen atoms in total. The molecule has 0 amide bonds. The Balaban J connectivity index is 0.00000264. The van der Waals surface area contributed by atoms with Crippen molar-refractivity contribution in [2.45, 2.75) is 39.2 Å². The fourth-order valence-corrected chi connectivity index (χ4v) is 4.10. The lowest BCUT2D eigenvalue weighted by Gasteiger charge is -2.19. The highest BCUT2D eigenvalue weighted by molar-refractivity contribution is 14.0. The van der Waals surface area contributed by atoms with Crippen molar-refractivity contribution in [3.05, 3.63) is 44.3 Å². The van der Waals surface area contributed by atoms with Crippen molar-refractivity contribution in [3.63, 3.8) is 0 Å². The molecule has 2 atom stereocenters. The third-order valence-electron chi connectivity index (χ3n) is 3.60. The highest BCUT2D eigenvalue weighted by Crippen LogP contribution is 2.18. The molecule has 23 heavy (non-hydrogen) atoms. The van der Waals surface area contributed by atoms with E-state index in [1.807, 2.05) is 18.4 Å². The highest BCUT2D eigenvalue weighted by atomic mass is 127. The second-order valence-corrected chi connectivity index (χ2v) is 7.83. The van der Waals surface area contributed by atoms with E-state index in [0.717, 1.165) is 18.9 Å². The first-order valence-electron chi connectivity index (χ1n) is 7.63. The quantitative estimate of drug-likeness (QED) is 0.372. The molecule has 0 saturated carbocycles. The van der Waals surface area contributed by atoms with Crippen LogP contribution in [0.1, 0.15) is 35.1 Å². The molecule has 0 fully saturated rings. The minimum atomic E-state index is 0. The van der Waals surface area contributed by atoms with Gasteiger partial charge in [-0.1, -0.05) is 6.92 Å². The molecule has 2 aromatic rings. The van der Waals surface area contributed by atoms with Crippen molar-refractivity contribution < 1.29 is 0 Å². The number of rotatable bonds is 6. The van der Waals surface area contributed by atoms with Crippen molar-refractivity contribution in [2.24, 2.45) is 4.99 Å². The van der Waals surface area contributed by atoms with Gasteiger partial charge in [0.05, 0.1) is 0 Å². The molecule has 0 spiro atoms. The molecular formula is C17H26IN3S2. The number of hydrogen-bond donors (Lipinski definition) is 2. The SMILES string of the molecule is CN=C(NCC(C)c1ccsc1)NC(C)Cc1ccc(C)s1.I. The summed E-state index contributed by atoms with van der Waals surface area (Å²) in [7, 11) is 1.83. The summed E-state index contributed by atoms with van der Waals surface area (Å²) in [5, 5.41) is 11.2. The number of guanidine groups is 1. The van der Waals surface area contributed by atoms with Crippen molar-refractivity contribution in [1.82, 2.24) is 10.6 Å². The minimum absolute atomic E-state index is 0. The third-order valence-corrected chi connectivity index (χ3v) is 5.32. The second kappa shape index (κ2) is 10.3. The number of aryl methyl sites for hydroxylation is 1. The van der Waals surface area contributed by atoms with Crippen LogP contribution in [-0.4, -0.2) is 25.6 Å². The van der Waals surface area contributed by atoms with Crippen LogP contribution in [0.4, 0.5) is 0 Å². The topological polar surface area (TPSA) is 36.4 Å². The van der Waals surface area contributed by atoms with Crippen LogP contribution >= 0.6 is 46.7 Å². The minimum Gasteiger partial charge on any atom is -0.356 e. The molecule has 6 heteroatoms. The summed E-state index contributed by atoms with van der Waals surface area (Å²) in [6.07, 6.45) is 1.03. The Kier molecular flexibility index (Phi) is 9.16. The van der Waals surface area contributed by atoms with Gasteiger partial charge in [-0.3, -0.25) is 4.99 Å². The van der Waals surface area contributed by atoms with Gasteiger partial charge < -0.3 is 10.6 Å². The number of nitrogens with one attached hydrogen (secondary N) is 2. The first-order chi connectivity index (χ1) is 10.6. The normalized spacial score (nSPS) is 14.0. The van der Waals surface area contributed by atoms with E-state index in [4.69, 9.17) is 0 Å². The molecular weight excluding hydrogens is 437 g/mol. The zero-order valence-electron chi connectivity index (χ0n) is 14.1. The third kappa shape index (κ3) is 6.81. The first-order valence-corrected chi connectivity index (χ1v) is 9.39. The maximum atomic E-state index is 4.33. The van der Waals surface area contributed by atoms with Gasteiger partial charge in [0, 0.05) is 35.8 Å². The smallest absolute Gasteiger partial charge is 0.191 e. The number of hydrogen-bond acceptors (Lipinski definition) is 3. The van der Waals surface area contributed by atoms with E-state index >= 15 is 0 Å². The Morgan fingerprint density at radius 2 is 2.04 bits per heavy atom. The molecule has 2 heterocycles. The van der Waals surface area contributed by atoms with Gasteiger partial charge in [-0.15, -0.1) is 35.3 Å². The van der Waals surface area contributed by atoms with Crippen LogP contribution in [0.2, 0.25) is 0 Å². The summed E-state index contributed by atoms with van der Waals surface area (Å²) in [5.74, 6) is 1.36. The van der Waals surface area contributed by atoms with E-state index < -0.39 is 0 Å². The summed E-state index contributed by atoms with van der Waals surface area (Å²) in [5.41, 5.74) is 1.38. The van der Waals surface area contributed by atoms with Crippen molar-refractivity contribution in [1.29, 1.82) is 0 Å². The van der Waals surface area contributed by atoms with Gasteiger partial charge in [0.25, 0.3) is 0 Å². The molecule has 128 valence electrons. The maximum absolute atomic E-state index is 4.33. The first kappa shape index (κ1) is 20.4.